The van der Waals surface area contributed by atoms with Gasteiger partial charge in [-0.15, -0.1) is 11.3 Å². The van der Waals surface area contributed by atoms with Crippen LogP contribution in [0, 0.1) is 6.92 Å². The SMILES string of the molecule is Cc1c(N)cccc1C(=O)N(C)C(C)c1cccs1. The quantitative estimate of drug-likeness (QED) is 0.871. The number of nitrogens with two attached hydrogens (primary N) is 1. The maximum Gasteiger partial charge on any atom is 0.254 e. The lowest BCUT2D eigenvalue weighted by atomic mass is 10.1. The third-order valence-corrected chi connectivity index (χ3v) is 4.50. The molecule has 1 aromatic carbocycles. The van der Waals surface area contributed by atoms with Gasteiger partial charge in [0.2, 0.25) is 0 Å². The Bertz CT molecular complexity index is 578. The molecule has 0 aliphatic carbocycles. The minimum Gasteiger partial charge on any atom is -0.398 e. The highest BCUT2D eigenvalue weighted by molar-refractivity contribution is 7.10. The molecule has 1 unspecified atom stereocenters. The molecule has 0 saturated carbocycles. The third-order valence-electron chi connectivity index (χ3n) is 3.46. The van der Waals surface area contributed by atoms with Crippen LogP contribution >= 0.6 is 11.3 Å². The summed E-state index contributed by atoms with van der Waals surface area (Å²) in [5.74, 6) is 0.00528. The highest BCUT2D eigenvalue weighted by atomic mass is 32.1. The van der Waals surface area contributed by atoms with Gasteiger partial charge in [-0.05, 0) is 43.0 Å². The van der Waals surface area contributed by atoms with E-state index in [2.05, 4.69) is 0 Å². The summed E-state index contributed by atoms with van der Waals surface area (Å²) >= 11 is 1.66. The number of hydrogen-bond acceptors (Lipinski definition) is 3. The highest BCUT2D eigenvalue weighted by Gasteiger charge is 2.21. The van der Waals surface area contributed by atoms with E-state index in [1.165, 1.54) is 4.88 Å². The largest absolute Gasteiger partial charge is 0.398 e. The lowest BCUT2D eigenvalue weighted by Gasteiger charge is -2.25. The molecule has 0 bridgehead atoms. The molecule has 0 fully saturated rings. The minimum atomic E-state index is 0.00528. The monoisotopic (exact) mass is 274 g/mol. The Morgan fingerprint density at radius 1 is 1.32 bits per heavy atom. The lowest BCUT2D eigenvalue weighted by molar-refractivity contribution is 0.0744. The zero-order chi connectivity index (χ0) is 14.0. The van der Waals surface area contributed by atoms with Crippen molar-refractivity contribution < 1.29 is 4.79 Å². The fraction of sp³-hybridized carbons (Fsp3) is 0.267. The molecule has 2 rings (SSSR count). The van der Waals surface area contributed by atoms with Gasteiger partial charge < -0.3 is 10.6 Å². The van der Waals surface area contributed by atoms with Crippen LogP contribution in [-0.4, -0.2) is 17.9 Å². The van der Waals surface area contributed by atoms with Crippen LogP contribution in [0.5, 0.6) is 0 Å². The summed E-state index contributed by atoms with van der Waals surface area (Å²) in [7, 11) is 1.83. The number of carbonyl (C=O) groups is 1. The number of benzene rings is 1. The molecule has 2 aromatic rings. The van der Waals surface area contributed by atoms with Crippen molar-refractivity contribution in [3.8, 4) is 0 Å². The summed E-state index contributed by atoms with van der Waals surface area (Å²) in [6.45, 7) is 3.91. The van der Waals surface area contributed by atoms with Gasteiger partial charge >= 0.3 is 0 Å². The Labute approximate surface area is 117 Å². The second kappa shape index (κ2) is 5.45. The van der Waals surface area contributed by atoms with Crippen molar-refractivity contribution >= 4 is 22.9 Å². The average Bonchev–Trinajstić information content (AvgIpc) is 2.93. The molecule has 19 heavy (non-hydrogen) atoms. The van der Waals surface area contributed by atoms with E-state index >= 15 is 0 Å². The van der Waals surface area contributed by atoms with E-state index in [-0.39, 0.29) is 11.9 Å². The summed E-state index contributed by atoms with van der Waals surface area (Å²) in [4.78, 5) is 15.5. The smallest absolute Gasteiger partial charge is 0.254 e. The summed E-state index contributed by atoms with van der Waals surface area (Å²) in [5, 5.41) is 2.02. The van der Waals surface area contributed by atoms with E-state index in [4.69, 9.17) is 5.73 Å². The van der Waals surface area contributed by atoms with Crippen LogP contribution in [0.4, 0.5) is 5.69 Å². The van der Waals surface area contributed by atoms with Crippen molar-refractivity contribution in [2.24, 2.45) is 0 Å². The normalized spacial score (nSPS) is 12.2. The number of hydrogen-bond donors (Lipinski definition) is 1. The Morgan fingerprint density at radius 3 is 2.68 bits per heavy atom. The van der Waals surface area contributed by atoms with Gasteiger partial charge in [0.05, 0.1) is 6.04 Å². The molecule has 0 aliphatic rings. The van der Waals surface area contributed by atoms with E-state index in [1.54, 1.807) is 16.2 Å². The van der Waals surface area contributed by atoms with Crippen LogP contribution < -0.4 is 5.73 Å². The first-order valence-electron chi connectivity index (χ1n) is 6.18. The summed E-state index contributed by atoms with van der Waals surface area (Å²) < 4.78 is 0. The van der Waals surface area contributed by atoms with E-state index in [0.29, 0.717) is 11.3 Å². The maximum absolute atomic E-state index is 12.5. The molecule has 0 spiro atoms. The first-order chi connectivity index (χ1) is 9.02. The number of amides is 1. The topological polar surface area (TPSA) is 46.3 Å². The van der Waals surface area contributed by atoms with Crippen LogP contribution in [0.2, 0.25) is 0 Å². The van der Waals surface area contributed by atoms with Gasteiger partial charge in [-0.3, -0.25) is 4.79 Å². The van der Waals surface area contributed by atoms with Crippen LogP contribution in [0.1, 0.15) is 33.8 Å². The van der Waals surface area contributed by atoms with Gasteiger partial charge in [0.15, 0.2) is 0 Å². The Kier molecular flexibility index (Phi) is 3.90. The Hall–Kier alpha value is -1.81. The van der Waals surface area contributed by atoms with Crippen molar-refractivity contribution in [2.45, 2.75) is 19.9 Å². The average molecular weight is 274 g/mol. The zero-order valence-corrected chi connectivity index (χ0v) is 12.2. The molecule has 0 aliphatic heterocycles. The fourth-order valence-corrected chi connectivity index (χ4v) is 2.80. The van der Waals surface area contributed by atoms with Crippen molar-refractivity contribution in [1.82, 2.24) is 4.90 Å². The van der Waals surface area contributed by atoms with Gasteiger partial charge in [-0.25, -0.2) is 0 Å². The molecule has 1 heterocycles. The van der Waals surface area contributed by atoms with E-state index in [1.807, 2.05) is 56.6 Å². The number of anilines is 1. The number of thiophene rings is 1. The van der Waals surface area contributed by atoms with E-state index in [9.17, 15) is 4.79 Å². The standard InChI is InChI=1S/C15H18N2OS/c1-10-12(6-4-7-13(10)16)15(18)17(3)11(2)14-8-5-9-19-14/h4-9,11H,16H2,1-3H3. The van der Waals surface area contributed by atoms with Crippen molar-refractivity contribution in [2.75, 3.05) is 12.8 Å². The Morgan fingerprint density at radius 2 is 2.05 bits per heavy atom. The van der Waals surface area contributed by atoms with Crippen molar-refractivity contribution in [3.63, 3.8) is 0 Å². The molecule has 0 radical (unpaired) electrons. The third kappa shape index (κ3) is 2.63. The molecular weight excluding hydrogens is 256 g/mol. The minimum absolute atomic E-state index is 0.00528. The van der Waals surface area contributed by atoms with Gasteiger partial charge in [-0.1, -0.05) is 12.1 Å². The fourth-order valence-electron chi connectivity index (χ4n) is 1.97. The predicted molar refractivity (Wildman–Crippen MR) is 80.4 cm³/mol. The van der Waals surface area contributed by atoms with Gasteiger partial charge in [0.1, 0.15) is 0 Å². The van der Waals surface area contributed by atoms with E-state index in [0.717, 1.165) is 5.56 Å². The van der Waals surface area contributed by atoms with Crippen molar-refractivity contribution in [3.05, 3.63) is 51.7 Å². The highest BCUT2D eigenvalue weighted by Crippen LogP contribution is 2.26. The van der Waals surface area contributed by atoms with Crippen LogP contribution in [0.25, 0.3) is 0 Å². The first kappa shape index (κ1) is 13.6. The number of nitrogen functional groups attached to an aromatic ring is 1. The molecule has 2 N–H and O–H groups in total. The molecule has 0 saturated heterocycles. The molecule has 4 heteroatoms. The number of rotatable bonds is 3. The molecule has 1 aromatic heterocycles. The second-order valence-electron chi connectivity index (χ2n) is 4.63. The maximum atomic E-state index is 12.5. The molecule has 1 atom stereocenters. The number of nitrogens with zero attached hydrogens (tertiary/aromatic N) is 1. The number of carbonyl (C=O) groups excluding carboxylic acids is 1. The molecule has 100 valence electrons. The molecular formula is C15H18N2OS. The van der Waals surface area contributed by atoms with Crippen LogP contribution in [0.3, 0.4) is 0 Å². The lowest BCUT2D eigenvalue weighted by Crippen LogP contribution is -2.29. The first-order valence-corrected chi connectivity index (χ1v) is 7.06. The van der Waals surface area contributed by atoms with Gasteiger partial charge in [0.25, 0.3) is 5.91 Å². The molecule has 3 nitrogen and oxygen atoms in total. The zero-order valence-electron chi connectivity index (χ0n) is 11.4. The van der Waals surface area contributed by atoms with Crippen molar-refractivity contribution in [1.29, 1.82) is 0 Å². The van der Waals surface area contributed by atoms with Gasteiger partial charge in [-0.2, -0.15) is 0 Å². The summed E-state index contributed by atoms with van der Waals surface area (Å²) in [6.07, 6.45) is 0. The van der Waals surface area contributed by atoms with E-state index < -0.39 is 0 Å². The second-order valence-corrected chi connectivity index (χ2v) is 5.61. The predicted octanol–water partition coefficient (Wildman–Crippen LogP) is 3.47. The molecule has 1 amide bonds. The Balaban J connectivity index is 2.26. The summed E-state index contributed by atoms with van der Waals surface area (Å²) in [6, 6.07) is 9.57. The van der Waals surface area contributed by atoms with Crippen LogP contribution in [0.15, 0.2) is 35.7 Å². The van der Waals surface area contributed by atoms with Gasteiger partial charge in [0, 0.05) is 23.2 Å². The summed E-state index contributed by atoms with van der Waals surface area (Å²) in [5.41, 5.74) is 8.03. The van der Waals surface area contributed by atoms with Crippen LogP contribution in [-0.2, 0) is 0 Å².